The number of rotatable bonds is 13. The van der Waals surface area contributed by atoms with Crippen molar-refractivity contribution < 1.29 is 18.0 Å². The first kappa shape index (κ1) is 32.7. The van der Waals surface area contributed by atoms with Gasteiger partial charge in [-0.3, -0.25) is 13.9 Å². The molecule has 1 N–H and O–H groups in total. The average Bonchev–Trinajstić information content (AvgIpc) is 2.93. The molecule has 0 aliphatic rings. The Hall–Kier alpha value is -2.78. The van der Waals surface area contributed by atoms with Crippen LogP contribution in [0.2, 0.25) is 15.1 Å². The molecule has 0 fully saturated rings. The molecule has 0 spiro atoms. The van der Waals surface area contributed by atoms with Crippen molar-refractivity contribution in [2.45, 2.75) is 57.5 Å². The molecule has 3 rings (SSSR count). The largest absolute Gasteiger partial charge is 0.354 e. The van der Waals surface area contributed by atoms with Gasteiger partial charge < -0.3 is 10.2 Å². The van der Waals surface area contributed by atoms with Crippen LogP contribution in [0.25, 0.3) is 0 Å². The Balaban J connectivity index is 2.06. The Morgan fingerprint density at radius 3 is 2.22 bits per heavy atom. The van der Waals surface area contributed by atoms with E-state index in [-0.39, 0.29) is 23.0 Å². The van der Waals surface area contributed by atoms with Gasteiger partial charge in [-0.25, -0.2) is 8.42 Å². The predicted octanol–water partition coefficient (Wildman–Crippen LogP) is 6.87. The Labute approximate surface area is 257 Å². The fraction of sp³-hybridized carbons (Fsp3) is 0.333. The van der Waals surface area contributed by atoms with Gasteiger partial charge in [-0.05, 0) is 67.8 Å². The van der Waals surface area contributed by atoms with Crippen LogP contribution in [0.3, 0.4) is 0 Å². The SMILES string of the molecule is CCCCNC(=O)C(CC)N(Cc1ccc(Cl)cc1Cl)C(=O)CN(c1cccc(Cl)c1)S(=O)(=O)c1ccc(C)cc1. The lowest BCUT2D eigenvalue weighted by atomic mass is 10.1. The van der Waals surface area contributed by atoms with E-state index >= 15 is 0 Å². The standard InChI is InChI=1S/C30H34Cl3N3O4S/c1-4-6-16-34-30(38)28(5-2)35(19-22-12-13-24(32)18-27(22)33)29(37)20-36(25-9-7-8-23(31)17-25)41(39,40)26-14-10-21(3)11-15-26/h7-15,17-18,28H,4-6,16,19-20H2,1-3H3,(H,34,38). The summed E-state index contributed by atoms with van der Waals surface area (Å²) >= 11 is 18.8. The van der Waals surface area contributed by atoms with Crippen LogP contribution in [0.5, 0.6) is 0 Å². The van der Waals surface area contributed by atoms with Crippen LogP contribution in [0.4, 0.5) is 5.69 Å². The number of aryl methyl sites for hydroxylation is 1. The molecule has 3 aromatic carbocycles. The van der Waals surface area contributed by atoms with Gasteiger partial charge in [-0.2, -0.15) is 0 Å². The smallest absolute Gasteiger partial charge is 0.264 e. The van der Waals surface area contributed by atoms with Crippen LogP contribution in [-0.4, -0.2) is 44.3 Å². The van der Waals surface area contributed by atoms with Crippen molar-refractivity contribution >= 4 is 62.3 Å². The summed E-state index contributed by atoms with van der Waals surface area (Å²) in [6, 6.07) is 16.7. The minimum absolute atomic E-state index is 0.0209. The fourth-order valence-corrected chi connectivity index (χ4v) is 6.32. The van der Waals surface area contributed by atoms with Crippen LogP contribution in [0, 0.1) is 6.92 Å². The zero-order valence-corrected chi connectivity index (χ0v) is 26.3. The second-order valence-electron chi connectivity index (χ2n) is 9.63. The molecular formula is C30H34Cl3N3O4S. The van der Waals surface area contributed by atoms with Gasteiger partial charge in [0, 0.05) is 28.2 Å². The highest BCUT2D eigenvalue weighted by Gasteiger charge is 2.34. The Kier molecular flexibility index (Phi) is 11.9. The lowest BCUT2D eigenvalue weighted by molar-refractivity contribution is -0.140. The number of unbranched alkanes of at least 4 members (excludes halogenated alkanes) is 1. The summed E-state index contributed by atoms with van der Waals surface area (Å²) in [5, 5.41) is 3.97. The highest BCUT2D eigenvalue weighted by molar-refractivity contribution is 7.92. The summed E-state index contributed by atoms with van der Waals surface area (Å²) in [6.07, 6.45) is 1.98. The number of nitrogens with one attached hydrogen (secondary N) is 1. The van der Waals surface area contributed by atoms with E-state index in [0.717, 1.165) is 22.7 Å². The zero-order valence-electron chi connectivity index (χ0n) is 23.2. The molecule has 0 radical (unpaired) electrons. The second kappa shape index (κ2) is 14.9. The molecule has 0 aliphatic heterocycles. The van der Waals surface area contributed by atoms with Crippen molar-refractivity contribution in [2.24, 2.45) is 0 Å². The number of sulfonamides is 1. The van der Waals surface area contributed by atoms with E-state index in [4.69, 9.17) is 34.8 Å². The first-order valence-corrected chi connectivity index (χ1v) is 15.9. The van der Waals surface area contributed by atoms with Crippen molar-refractivity contribution in [3.8, 4) is 0 Å². The molecule has 0 aromatic heterocycles. The highest BCUT2D eigenvalue weighted by atomic mass is 35.5. The van der Waals surface area contributed by atoms with Crippen molar-refractivity contribution in [1.29, 1.82) is 0 Å². The highest BCUT2D eigenvalue weighted by Crippen LogP contribution is 2.28. The first-order chi connectivity index (χ1) is 19.5. The van der Waals surface area contributed by atoms with Crippen LogP contribution in [0.15, 0.2) is 71.6 Å². The molecule has 3 aromatic rings. The van der Waals surface area contributed by atoms with Gasteiger partial charge in [0.15, 0.2) is 0 Å². The maximum absolute atomic E-state index is 14.1. The number of amides is 2. The predicted molar refractivity (Wildman–Crippen MR) is 166 cm³/mol. The first-order valence-electron chi connectivity index (χ1n) is 13.3. The molecule has 0 bridgehead atoms. The van der Waals surface area contributed by atoms with Crippen LogP contribution >= 0.6 is 34.8 Å². The molecule has 0 saturated carbocycles. The summed E-state index contributed by atoms with van der Waals surface area (Å²) < 4.78 is 28.8. The third-order valence-corrected chi connectivity index (χ3v) is 9.17. The minimum Gasteiger partial charge on any atom is -0.354 e. The number of hydrogen-bond donors (Lipinski definition) is 1. The number of benzene rings is 3. The maximum atomic E-state index is 14.1. The van der Waals surface area contributed by atoms with E-state index in [0.29, 0.717) is 33.6 Å². The van der Waals surface area contributed by atoms with E-state index in [1.165, 1.54) is 23.1 Å². The van der Waals surface area contributed by atoms with E-state index in [9.17, 15) is 18.0 Å². The van der Waals surface area contributed by atoms with Gasteiger partial charge in [0.25, 0.3) is 10.0 Å². The van der Waals surface area contributed by atoms with Crippen molar-refractivity contribution in [1.82, 2.24) is 10.2 Å². The summed E-state index contributed by atoms with van der Waals surface area (Å²) in [7, 11) is -4.19. The van der Waals surface area contributed by atoms with E-state index < -0.39 is 28.5 Å². The Bertz CT molecular complexity index is 1470. The monoisotopic (exact) mass is 637 g/mol. The van der Waals surface area contributed by atoms with E-state index in [1.54, 1.807) is 55.5 Å². The molecule has 220 valence electrons. The summed E-state index contributed by atoms with van der Waals surface area (Å²) in [5.41, 5.74) is 1.68. The number of nitrogens with zero attached hydrogens (tertiary/aromatic N) is 2. The van der Waals surface area contributed by atoms with E-state index in [2.05, 4.69) is 5.32 Å². The van der Waals surface area contributed by atoms with E-state index in [1.807, 2.05) is 13.8 Å². The summed E-state index contributed by atoms with van der Waals surface area (Å²) in [5.74, 6) is -0.903. The molecule has 7 nitrogen and oxygen atoms in total. The second-order valence-corrected chi connectivity index (χ2v) is 12.8. The zero-order chi connectivity index (χ0) is 30.2. The third-order valence-electron chi connectivity index (χ3n) is 6.56. The lowest BCUT2D eigenvalue weighted by Crippen LogP contribution is -2.52. The van der Waals surface area contributed by atoms with Crippen LogP contribution in [0.1, 0.15) is 44.2 Å². The Morgan fingerprint density at radius 1 is 0.927 bits per heavy atom. The molecule has 1 unspecified atom stereocenters. The van der Waals surface area contributed by atoms with Crippen LogP contribution < -0.4 is 9.62 Å². The number of anilines is 1. The maximum Gasteiger partial charge on any atom is 0.264 e. The van der Waals surface area contributed by atoms with Gasteiger partial charge in [0.2, 0.25) is 11.8 Å². The molecule has 11 heteroatoms. The normalized spacial score (nSPS) is 12.0. The molecule has 0 aliphatic carbocycles. The Morgan fingerprint density at radius 2 is 1.61 bits per heavy atom. The van der Waals surface area contributed by atoms with Gasteiger partial charge in [0.1, 0.15) is 12.6 Å². The number of carbonyl (C=O) groups excluding carboxylic acids is 2. The molecule has 2 amide bonds. The molecule has 0 heterocycles. The molecule has 1 atom stereocenters. The molecule has 41 heavy (non-hydrogen) atoms. The number of carbonyl (C=O) groups is 2. The van der Waals surface area contributed by atoms with Crippen molar-refractivity contribution in [3.63, 3.8) is 0 Å². The molecular weight excluding hydrogens is 605 g/mol. The third kappa shape index (κ3) is 8.61. The van der Waals surface area contributed by atoms with Gasteiger partial charge in [-0.15, -0.1) is 0 Å². The summed E-state index contributed by atoms with van der Waals surface area (Å²) in [4.78, 5) is 28.8. The minimum atomic E-state index is -4.19. The van der Waals surface area contributed by atoms with Gasteiger partial charge >= 0.3 is 0 Å². The van der Waals surface area contributed by atoms with Gasteiger partial charge in [0.05, 0.1) is 10.6 Å². The quantitative estimate of drug-likeness (QED) is 0.207. The average molecular weight is 639 g/mol. The number of halogens is 3. The summed E-state index contributed by atoms with van der Waals surface area (Å²) in [6.45, 7) is 5.53. The topological polar surface area (TPSA) is 86.8 Å². The number of hydrogen-bond acceptors (Lipinski definition) is 4. The molecule has 0 saturated heterocycles. The fourth-order valence-electron chi connectivity index (χ4n) is 4.26. The lowest BCUT2D eigenvalue weighted by Gasteiger charge is -2.33. The van der Waals surface area contributed by atoms with Gasteiger partial charge in [-0.1, -0.05) is 84.9 Å². The van der Waals surface area contributed by atoms with Crippen LogP contribution in [-0.2, 0) is 26.2 Å². The van der Waals surface area contributed by atoms with Crippen molar-refractivity contribution in [2.75, 3.05) is 17.4 Å². The van der Waals surface area contributed by atoms with Crippen molar-refractivity contribution in [3.05, 3.63) is 92.9 Å².